The van der Waals surface area contributed by atoms with Gasteiger partial charge < -0.3 is 4.90 Å². The number of hydrogen-bond acceptors (Lipinski definition) is 2. The highest BCUT2D eigenvalue weighted by molar-refractivity contribution is 5.81. The molecule has 2 aliphatic heterocycles. The van der Waals surface area contributed by atoms with E-state index >= 15 is 0 Å². The third-order valence-corrected chi connectivity index (χ3v) is 5.08. The first-order valence-corrected chi connectivity index (χ1v) is 7.91. The second kappa shape index (κ2) is 4.88. The molecule has 2 heterocycles. The largest absolute Gasteiger partial charge is 0.341 e. The summed E-state index contributed by atoms with van der Waals surface area (Å²) in [5.74, 6) is 0.792. The molecule has 3 aliphatic rings. The first-order valence-electron chi connectivity index (χ1n) is 7.91. The van der Waals surface area contributed by atoms with E-state index in [1.165, 1.54) is 11.1 Å². The smallest absolute Gasteiger partial charge is 0.225 e. The molecule has 1 aliphatic carbocycles. The summed E-state index contributed by atoms with van der Waals surface area (Å²) >= 11 is 0. The van der Waals surface area contributed by atoms with E-state index in [1.54, 1.807) is 0 Å². The first-order chi connectivity index (χ1) is 9.81. The highest BCUT2D eigenvalue weighted by Crippen LogP contribution is 2.33. The van der Waals surface area contributed by atoms with Crippen molar-refractivity contribution in [3.05, 3.63) is 35.4 Å². The fourth-order valence-corrected chi connectivity index (χ4v) is 3.66. The lowest BCUT2D eigenvalue weighted by Crippen LogP contribution is -2.41. The molecule has 3 heteroatoms. The molecule has 1 saturated heterocycles. The Morgan fingerprint density at radius 2 is 1.85 bits per heavy atom. The van der Waals surface area contributed by atoms with Crippen molar-refractivity contribution in [2.24, 2.45) is 5.92 Å². The number of nitrogens with zero attached hydrogens (tertiary/aromatic N) is 2. The van der Waals surface area contributed by atoms with Gasteiger partial charge in [0.2, 0.25) is 5.91 Å². The van der Waals surface area contributed by atoms with Crippen LogP contribution < -0.4 is 0 Å². The third kappa shape index (κ3) is 2.24. The van der Waals surface area contributed by atoms with Crippen LogP contribution in [0, 0.1) is 5.92 Å². The van der Waals surface area contributed by atoms with Crippen molar-refractivity contribution in [3.8, 4) is 0 Å². The van der Waals surface area contributed by atoms with Crippen LogP contribution in [0.4, 0.5) is 0 Å². The Bertz CT molecular complexity index is 523. The molecular weight excluding hydrogens is 248 g/mol. The minimum absolute atomic E-state index is 0.371. The van der Waals surface area contributed by atoms with Gasteiger partial charge >= 0.3 is 0 Å². The van der Waals surface area contributed by atoms with Gasteiger partial charge in [-0.1, -0.05) is 24.3 Å². The molecule has 0 unspecified atom stereocenters. The van der Waals surface area contributed by atoms with Crippen LogP contribution in [0.2, 0.25) is 0 Å². The SMILES string of the molecule is O=C(C1CC1)N1CC[C@H](N2CCc3ccccc3C2)C1. The number of rotatable bonds is 2. The maximum absolute atomic E-state index is 12.1. The average Bonchev–Trinajstić information content (AvgIpc) is 3.23. The van der Waals surface area contributed by atoms with E-state index in [4.69, 9.17) is 0 Å². The topological polar surface area (TPSA) is 23.6 Å². The molecular formula is C17H22N2O. The number of benzene rings is 1. The summed E-state index contributed by atoms with van der Waals surface area (Å²) in [6.45, 7) is 4.13. The van der Waals surface area contributed by atoms with Gasteiger partial charge in [-0.25, -0.2) is 0 Å². The van der Waals surface area contributed by atoms with E-state index in [0.717, 1.165) is 51.9 Å². The highest BCUT2D eigenvalue weighted by atomic mass is 16.2. The Balaban J connectivity index is 1.41. The Kier molecular flexibility index (Phi) is 3.03. The zero-order valence-corrected chi connectivity index (χ0v) is 11.9. The molecule has 4 rings (SSSR count). The van der Waals surface area contributed by atoms with Gasteiger partial charge in [-0.05, 0) is 36.8 Å². The van der Waals surface area contributed by atoms with Crippen LogP contribution in [0.3, 0.4) is 0 Å². The number of carbonyl (C=O) groups excluding carboxylic acids is 1. The maximum atomic E-state index is 12.1. The van der Waals surface area contributed by atoms with Crippen LogP contribution in [0.25, 0.3) is 0 Å². The number of hydrogen-bond donors (Lipinski definition) is 0. The molecule has 106 valence electrons. The highest BCUT2D eigenvalue weighted by Gasteiger charge is 2.38. The summed E-state index contributed by atoms with van der Waals surface area (Å²) < 4.78 is 0. The van der Waals surface area contributed by atoms with E-state index < -0.39 is 0 Å². The Labute approximate surface area is 120 Å². The number of fused-ring (bicyclic) bond motifs is 1. The van der Waals surface area contributed by atoms with Crippen LogP contribution in [-0.2, 0) is 17.8 Å². The van der Waals surface area contributed by atoms with Gasteiger partial charge in [0.25, 0.3) is 0 Å². The van der Waals surface area contributed by atoms with Crippen LogP contribution >= 0.6 is 0 Å². The second-order valence-corrected chi connectivity index (χ2v) is 6.49. The summed E-state index contributed by atoms with van der Waals surface area (Å²) in [7, 11) is 0. The van der Waals surface area contributed by atoms with Crippen molar-refractivity contribution >= 4 is 5.91 Å². The Morgan fingerprint density at radius 3 is 2.65 bits per heavy atom. The first kappa shape index (κ1) is 12.4. The van der Waals surface area contributed by atoms with Crippen LogP contribution in [0.5, 0.6) is 0 Å². The molecule has 0 N–H and O–H groups in total. The lowest BCUT2D eigenvalue weighted by molar-refractivity contribution is -0.131. The van der Waals surface area contributed by atoms with E-state index in [-0.39, 0.29) is 0 Å². The molecule has 3 nitrogen and oxygen atoms in total. The van der Waals surface area contributed by atoms with Crippen LogP contribution in [-0.4, -0.2) is 41.4 Å². The van der Waals surface area contributed by atoms with E-state index in [0.29, 0.717) is 17.9 Å². The molecule has 1 amide bonds. The molecule has 1 aromatic rings. The molecule has 0 spiro atoms. The van der Waals surface area contributed by atoms with Crippen molar-refractivity contribution in [2.45, 2.75) is 38.3 Å². The fraction of sp³-hybridized carbons (Fsp3) is 0.588. The normalized spacial score (nSPS) is 26.6. The molecule has 1 aromatic carbocycles. The Hall–Kier alpha value is -1.35. The standard InChI is InChI=1S/C17H22N2O/c20-17(14-5-6-14)19-10-8-16(12-19)18-9-7-13-3-1-2-4-15(13)11-18/h1-4,14,16H,5-12H2/t16-/m0/s1. The monoisotopic (exact) mass is 270 g/mol. The van der Waals surface area contributed by atoms with Crippen molar-refractivity contribution in [1.29, 1.82) is 0 Å². The van der Waals surface area contributed by atoms with Gasteiger partial charge in [-0.3, -0.25) is 9.69 Å². The van der Waals surface area contributed by atoms with Crippen molar-refractivity contribution in [2.75, 3.05) is 19.6 Å². The lowest BCUT2D eigenvalue weighted by Gasteiger charge is -2.33. The summed E-state index contributed by atoms with van der Waals surface area (Å²) in [6, 6.07) is 9.36. The number of amides is 1. The van der Waals surface area contributed by atoms with Crippen LogP contribution in [0.1, 0.15) is 30.4 Å². The van der Waals surface area contributed by atoms with E-state index in [9.17, 15) is 4.79 Å². The van der Waals surface area contributed by atoms with Gasteiger partial charge in [0.15, 0.2) is 0 Å². The predicted molar refractivity (Wildman–Crippen MR) is 78.3 cm³/mol. The quantitative estimate of drug-likeness (QED) is 0.821. The zero-order chi connectivity index (χ0) is 13.5. The predicted octanol–water partition coefficient (Wildman–Crippen LogP) is 2.06. The number of likely N-dealkylation sites (tertiary alicyclic amines) is 1. The minimum Gasteiger partial charge on any atom is -0.341 e. The molecule has 0 bridgehead atoms. The van der Waals surface area contributed by atoms with Gasteiger partial charge in [-0.2, -0.15) is 0 Å². The number of carbonyl (C=O) groups is 1. The van der Waals surface area contributed by atoms with E-state index in [1.807, 2.05) is 0 Å². The van der Waals surface area contributed by atoms with E-state index in [2.05, 4.69) is 34.1 Å². The molecule has 1 atom stereocenters. The van der Waals surface area contributed by atoms with Crippen molar-refractivity contribution in [3.63, 3.8) is 0 Å². The fourth-order valence-electron chi connectivity index (χ4n) is 3.66. The molecule has 2 fully saturated rings. The molecule has 0 radical (unpaired) electrons. The van der Waals surface area contributed by atoms with Gasteiger partial charge in [0, 0.05) is 38.1 Å². The van der Waals surface area contributed by atoms with Gasteiger partial charge in [0.05, 0.1) is 0 Å². The van der Waals surface area contributed by atoms with Gasteiger partial charge in [0.1, 0.15) is 0 Å². The van der Waals surface area contributed by atoms with Crippen molar-refractivity contribution in [1.82, 2.24) is 9.80 Å². The molecule has 1 saturated carbocycles. The molecule has 0 aromatic heterocycles. The minimum atomic E-state index is 0.371. The van der Waals surface area contributed by atoms with Crippen molar-refractivity contribution < 1.29 is 4.79 Å². The second-order valence-electron chi connectivity index (χ2n) is 6.49. The van der Waals surface area contributed by atoms with Crippen LogP contribution in [0.15, 0.2) is 24.3 Å². The Morgan fingerprint density at radius 1 is 1.05 bits per heavy atom. The lowest BCUT2D eigenvalue weighted by atomic mass is 9.98. The van der Waals surface area contributed by atoms with Gasteiger partial charge in [-0.15, -0.1) is 0 Å². The maximum Gasteiger partial charge on any atom is 0.225 e. The summed E-state index contributed by atoms with van der Waals surface area (Å²) in [4.78, 5) is 16.8. The summed E-state index contributed by atoms with van der Waals surface area (Å²) in [5.41, 5.74) is 2.98. The third-order valence-electron chi connectivity index (χ3n) is 5.08. The summed E-state index contributed by atoms with van der Waals surface area (Å²) in [6.07, 6.45) is 4.55. The average molecular weight is 270 g/mol. The molecule has 20 heavy (non-hydrogen) atoms. The summed E-state index contributed by atoms with van der Waals surface area (Å²) in [5, 5.41) is 0. The zero-order valence-electron chi connectivity index (χ0n) is 11.9.